The van der Waals surface area contributed by atoms with E-state index in [1.165, 1.54) is 17.0 Å². The molecule has 156 valence electrons. The molecule has 3 aliphatic heterocycles. The second kappa shape index (κ2) is 5.19. The Balaban J connectivity index is 1.64. The summed E-state index contributed by atoms with van der Waals surface area (Å²) in [6, 6.07) is 16.6. The van der Waals surface area contributed by atoms with Crippen molar-refractivity contribution < 1.29 is 24.6 Å². The van der Waals surface area contributed by atoms with Crippen LogP contribution in [0, 0.1) is 0 Å². The smallest absolute Gasteiger partial charge is 0.228 e. The molecule has 3 heterocycles. The fraction of sp³-hybridized carbons (Fsp3) is 0.160. The fourth-order valence-electron chi connectivity index (χ4n) is 6.47. The first-order chi connectivity index (χ1) is 15.4. The molecule has 2 spiro atoms. The summed E-state index contributed by atoms with van der Waals surface area (Å²) in [7, 11) is 0. The van der Waals surface area contributed by atoms with Gasteiger partial charge in [0, 0.05) is 29.2 Å². The molecule has 0 unspecified atom stereocenters. The summed E-state index contributed by atoms with van der Waals surface area (Å²) in [6.45, 7) is 0. The van der Waals surface area contributed by atoms with E-state index in [4.69, 9.17) is 0 Å². The highest BCUT2D eigenvalue weighted by Gasteiger charge is 2.80. The highest BCUT2D eigenvalue weighted by Crippen LogP contribution is 2.68. The summed E-state index contributed by atoms with van der Waals surface area (Å²) >= 11 is 0. The maximum absolute atomic E-state index is 14.2. The number of nitrogens with one attached hydrogen (secondary N) is 1. The van der Waals surface area contributed by atoms with E-state index in [0.717, 1.165) is 0 Å². The number of rotatable bonds is 0. The predicted octanol–water partition coefficient (Wildman–Crippen LogP) is 3.07. The zero-order valence-electron chi connectivity index (χ0n) is 16.6. The third-order valence-corrected chi connectivity index (χ3v) is 7.55. The first-order valence-corrected chi connectivity index (χ1v) is 10.4. The van der Waals surface area contributed by atoms with Crippen molar-refractivity contribution in [3.8, 4) is 11.5 Å². The number of hydrogen-bond acceptors (Lipinski definition) is 6. The van der Waals surface area contributed by atoms with E-state index in [1.54, 1.807) is 48.5 Å². The summed E-state index contributed by atoms with van der Waals surface area (Å²) in [5.41, 5.74) is -0.397. The van der Waals surface area contributed by atoms with Crippen molar-refractivity contribution in [3.63, 3.8) is 0 Å². The van der Waals surface area contributed by atoms with E-state index in [-0.39, 0.29) is 35.4 Å². The first kappa shape index (κ1) is 17.5. The number of ketones is 2. The van der Waals surface area contributed by atoms with E-state index in [0.29, 0.717) is 33.6 Å². The van der Waals surface area contributed by atoms with Crippen LogP contribution in [-0.2, 0) is 10.3 Å². The predicted molar refractivity (Wildman–Crippen MR) is 114 cm³/mol. The molecule has 1 fully saturated rings. The number of carbonyl (C=O) groups is 3. The monoisotopic (exact) mass is 424 g/mol. The van der Waals surface area contributed by atoms with Gasteiger partial charge in [-0.3, -0.25) is 19.3 Å². The van der Waals surface area contributed by atoms with E-state index < -0.39 is 17.0 Å². The second-order valence-corrected chi connectivity index (χ2v) is 8.78. The van der Waals surface area contributed by atoms with Gasteiger partial charge in [-0.1, -0.05) is 24.3 Å². The zero-order chi connectivity index (χ0) is 22.0. The molecule has 7 rings (SSSR count). The number of aromatic hydroxyl groups is 2. The number of phenols is 2. The largest absolute Gasteiger partial charge is 0.504 e. The lowest BCUT2D eigenvalue weighted by molar-refractivity contribution is -0.117. The summed E-state index contributed by atoms with van der Waals surface area (Å²) in [6.07, 6.45) is 0.0182. The van der Waals surface area contributed by atoms with Gasteiger partial charge < -0.3 is 15.5 Å². The topological polar surface area (TPSA) is 107 Å². The molecule has 3 aromatic carbocycles. The number of nitrogens with zero attached hydrogens (tertiary/aromatic N) is 1. The summed E-state index contributed by atoms with van der Waals surface area (Å²) in [5.74, 6) is -2.30. The Morgan fingerprint density at radius 2 is 1.56 bits per heavy atom. The number of phenolic OH excluding ortho intramolecular Hbond substituents is 2. The molecule has 0 radical (unpaired) electrons. The standard InChI is InChI=1S/C25H16N2O5/c28-19-9-14-15(10-20(19)29)24(22(31)12-5-1-3-7-17(12)26-24)25-16(14)11-21(30)27(25)18-8-4-2-6-13(18)23(25)32/h1-10,16,26,28-29H,11H2/t16-,24+,25+/m0/s1. The van der Waals surface area contributed by atoms with E-state index in [1.807, 2.05) is 0 Å². The van der Waals surface area contributed by atoms with Crippen molar-refractivity contribution in [2.24, 2.45) is 0 Å². The van der Waals surface area contributed by atoms with Gasteiger partial charge in [0.25, 0.3) is 0 Å². The van der Waals surface area contributed by atoms with Gasteiger partial charge in [-0.2, -0.15) is 0 Å². The van der Waals surface area contributed by atoms with Gasteiger partial charge in [0.15, 0.2) is 34.1 Å². The number of anilines is 2. The average Bonchev–Trinajstić information content (AvgIpc) is 3.42. The first-order valence-electron chi connectivity index (χ1n) is 10.4. The lowest BCUT2D eigenvalue weighted by Crippen LogP contribution is -2.66. The number of fused-ring (bicyclic) bond motifs is 6. The van der Waals surface area contributed by atoms with Crippen molar-refractivity contribution in [1.29, 1.82) is 0 Å². The summed E-state index contributed by atoms with van der Waals surface area (Å²) in [4.78, 5) is 43.2. The highest BCUT2D eigenvalue weighted by atomic mass is 16.3. The molecule has 1 saturated heterocycles. The molecule has 7 nitrogen and oxygen atoms in total. The van der Waals surface area contributed by atoms with Crippen LogP contribution in [0.4, 0.5) is 11.4 Å². The summed E-state index contributed by atoms with van der Waals surface area (Å²) < 4.78 is 0. The van der Waals surface area contributed by atoms with E-state index in [9.17, 15) is 24.6 Å². The molecular weight excluding hydrogens is 408 g/mol. The number of hydrogen-bond donors (Lipinski definition) is 3. The number of benzene rings is 3. The second-order valence-electron chi connectivity index (χ2n) is 8.78. The lowest BCUT2D eigenvalue weighted by atomic mass is 9.69. The molecule has 1 aliphatic carbocycles. The number of carbonyl (C=O) groups excluding carboxylic acids is 3. The van der Waals surface area contributed by atoms with Crippen molar-refractivity contribution >= 4 is 28.8 Å². The van der Waals surface area contributed by atoms with Gasteiger partial charge in [0.2, 0.25) is 5.91 Å². The normalized spacial score (nSPS) is 28.4. The van der Waals surface area contributed by atoms with Crippen molar-refractivity contribution in [3.05, 3.63) is 82.9 Å². The van der Waals surface area contributed by atoms with Crippen LogP contribution in [0.25, 0.3) is 0 Å². The minimum Gasteiger partial charge on any atom is -0.504 e. The van der Waals surface area contributed by atoms with Crippen molar-refractivity contribution in [2.75, 3.05) is 10.2 Å². The van der Waals surface area contributed by atoms with Gasteiger partial charge in [-0.05, 0) is 47.5 Å². The molecule has 0 bridgehead atoms. The minimum absolute atomic E-state index is 0.0182. The average molecular weight is 424 g/mol. The van der Waals surface area contributed by atoms with Crippen LogP contribution < -0.4 is 10.2 Å². The van der Waals surface area contributed by atoms with Gasteiger partial charge in [-0.15, -0.1) is 0 Å². The molecule has 3 atom stereocenters. The van der Waals surface area contributed by atoms with Crippen LogP contribution >= 0.6 is 0 Å². The number of Topliss-reactive ketones (excluding diaryl/α,β-unsaturated/α-hetero) is 2. The van der Waals surface area contributed by atoms with Crippen LogP contribution in [0.3, 0.4) is 0 Å². The van der Waals surface area contributed by atoms with Crippen LogP contribution in [-0.4, -0.2) is 33.2 Å². The lowest BCUT2D eigenvalue weighted by Gasteiger charge is -2.43. The van der Waals surface area contributed by atoms with Gasteiger partial charge >= 0.3 is 0 Å². The highest BCUT2D eigenvalue weighted by molar-refractivity contribution is 6.31. The van der Waals surface area contributed by atoms with Gasteiger partial charge in [0.05, 0.1) is 5.69 Å². The molecule has 4 aliphatic rings. The van der Waals surface area contributed by atoms with Crippen LogP contribution in [0.2, 0.25) is 0 Å². The molecule has 32 heavy (non-hydrogen) atoms. The minimum atomic E-state index is -1.62. The molecule has 7 heteroatoms. The third kappa shape index (κ3) is 1.54. The molecule has 1 amide bonds. The Morgan fingerprint density at radius 3 is 2.34 bits per heavy atom. The Morgan fingerprint density at radius 1 is 0.875 bits per heavy atom. The Kier molecular flexibility index (Phi) is 2.84. The fourth-order valence-corrected chi connectivity index (χ4v) is 6.47. The number of para-hydroxylation sites is 2. The van der Waals surface area contributed by atoms with Crippen molar-refractivity contribution in [2.45, 2.75) is 23.4 Å². The zero-order valence-corrected chi connectivity index (χ0v) is 16.6. The summed E-state index contributed by atoms with van der Waals surface area (Å²) in [5, 5.41) is 24.0. The maximum Gasteiger partial charge on any atom is 0.228 e. The van der Waals surface area contributed by atoms with Crippen LogP contribution in [0.5, 0.6) is 11.5 Å². The molecule has 3 N–H and O–H groups in total. The van der Waals surface area contributed by atoms with Crippen LogP contribution in [0.1, 0.15) is 44.2 Å². The maximum atomic E-state index is 14.2. The SMILES string of the molecule is O=C1C[C@H]2c3cc(O)c(O)cc3[C@]3(Nc4ccccc4C3=O)[C@]23C(=O)c2ccccc2N13. The van der Waals surface area contributed by atoms with Gasteiger partial charge in [-0.25, -0.2) is 0 Å². The van der Waals surface area contributed by atoms with Crippen molar-refractivity contribution in [1.82, 2.24) is 0 Å². The van der Waals surface area contributed by atoms with Crippen LogP contribution in [0.15, 0.2) is 60.7 Å². The third-order valence-electron chi connectivity index (χ3n) is 7.55. The molecule has 0 aromatic heterocycles. The molecule has 0 saturated carbocycles. The van der Waals surface area contributed by atoms with E-state index >= 15 is 0 Å². The Labute approximate surface area is 181 Å². The quantitative estimate of drug-likeness (QED) is 0.479. The molecular formula is C25H16N2O5. The Bertz CT molecular complexity index is 1450. The Hall–Kier alpha value is -4.13. The number of amides is 1. The van der Waals surface area contributed by atoms with E-state index in [2.05, 4.69) is 5.32 Å². The molecule has 3 aromatic rings. The van der Waals surface area contributed by atoms with Gasteiger partial charge in [0.1, 0.15) is 0 Å².